The molecule has 0 spiro atoms. The number of nitrogens with zero attached hydrogens (tertiary/aromatic N) is 3. The van der Waals surface area contributed by atoms with Gasteiger partial charge in [-0.3, -0.25) is 19.7 Å². The van der Waals surface area contributed by atoms with Crippen LogP contribution in [0, 0.1) is 5.82 Å². The maximum Gasteiger partial charge on any atom is 0.257 e. The predicted molar refractivity (Wildman–Crippen MR) is 117 cm³/mol. The SMILES string of the molecule is O=C(Nc1ccncc1F)c1cnc2c(c1)CCCc1ccc(-c3cccnc3)cc1-2. The summed E-state index contributed by atoms with van der Waals surface area (Å²) in [5, 5.41) is 2.60. The largest absolute Gasteiger partial charge is 0.319 e. The number of hydrogen-bond acceptors (Lipinski definition) is 4. The fraction of sp³-hybridized carbons (Fsp3) is 0.120. The van der Waals surface area contributed by atoms with Gasteiger partial charge in [0.15, 0.2) is 5.82 Å². The highest BCUT2D eigenvalue weighted by molar-refractivity contribution is 6.04. The van der Waals surface area contributed by atoms with Gasteiger partial charge >= 0.3 is 0 Å². The van der Waals surface area contributed by atoms with Crippen LogP contribution in [-0.2, 0) is 12.8 Å². The molecule has 4 aromatic rings. The quantitative estimate of drug-likeness (QED) is 0.511. The first-order chi connectivity index (χ1) is 15.2. The Morgan fingerprint density at radius 3 is 2.61 bits per heavy atom. The van der Waals surface area contributed by atoms with Gasteiger partial charge in [-0.1, -0.05) is 18.2 Å². The van der Waals surface area contributed by atoms with Crippen molar-refractivity contribution in [1.29, 1.82) is 0 Å². The average Bonchev–Trinajstić information content (AvgIpc) is 2.99. The molecule has 5 nitrogen and oxygen atoms in total. The third-order valence-electron chi connectivity index (χ3n) is 5.50. The zero-order valence-corrected chi connectivity index (χ0v) is 16.7. The van der Waals surface area contributed by atoms with Gasteiger partial charge < -0.3 is 5.32 Å². The molecular formula is C25H19FN4O. The van der Waals surface area contributed by atoms with Gasteiger partial charge in [-0.2, -0.15) is 0 Å². The molecule has 1 aliphatic carbocycles. The molecule has 0 radical (unpaired) electrons. The summed E-state index contributed by atoms with van der Waals surface area (Å²) in [4.78, 5) is 25.3. The lowest BCUT2D eigenvalue weighted by Gasteiger charge is -2.12. The van der Waals surface area contributed by atoms with Crippen LogP contribution in [0.25, 0.3) is 22.4 Å². The Labute approximate surface area is 179 Å². The molecule has 0 bridgehead atoms. The third-order valence-corrected chi connectivity index (χ3v) is 5.50. The molecule has 0 fully saturated rings. The van der Waals surface area contributed by atoms with Gasteiger partial charge in [0.1, 0.15) is 0 Å². The van der Waals surface area contributed by atoms with Crippen molar-refractivity contribution in [2.45, 2.75) is 19.3 Å². The minimum atomic E-state index is -0.574. The first kappa shape index (κ1) is 19.1. The van der Waals surface area contributed by atoms with Crippen LogP contribution in [-0.4, -0.2) is 20.9 Å². The van der Waals surface area contributed by atoms with Crippen molar-refractivity contribution < 1.29 is 9.18 Å². The number of carbonyl (C=O) groups excluding carboxylic acids is 1. The first-order valence-corrected chi connectivity index (χ1v) is 10.1. The van der Waals surface area contributed by atoms with Crippen molar-refractivity contribution in [3.8, 4) is 22.4 Å². The van der Waals surface area contributed by atoms with E-state index in [0.29, 0.717) is 5.56 Å². The highest BCUT2D eigenvalue weighted by Crippen LogP contribution is 2.34. The summed E-state index contributed by atoms with van der Waals surface area (Å²) in [6.07, 6.45) is 10.4. The van der Waals surface area contributed by atoms with E-state index >= 15 is 0 Å². The third kappa shape index (κ3) is 3.80. The maximum absolute atomic E-state index is 13.8. The summed E-state index contributed by atoms with van der Waals surface area (Å²) in [6.45, 7) is 0. The lowest BCUT2D eigenvalue weighted by molar-refractivity contribution is 0.102. The number of amides is 1. The summed E-state index contributed by atoms with van der Waals surface area (Å²) >= 11 is 0. The Bertz CT molecular complexity index is 1270. The topological polar surface area (TPSA) is 67.8 Å². The number of hydrogen-bond donors (Lipinski definition) is 1. The van der Waals surface area contributed by atoms with E-state index in [1.165, 1.54) is 17.8 Å². The van der Waals surface area contributed by atoms with E-state index in [9.17, 15) is 9.18 Å². The maximum atomic E-state index is 13.8. The van der Waals surface area contributed by atoms with Crippen molar-refractivity contribution in [2.24, 2.45) is 0 Å². The Morgan fingerprint density at radius 2 is 1.77 bits per heavy atom. The lowest BCUT2D eigenvalue weighted by atomic mass is 9.96. The van der Waals surface area contributed by atoms with Crippen molar-refractivity contribution in [1.82, 2.24) is 15.0 Å². The molecule has 152 valence electrons. The van der Waals surface area contributed by atoms with E-state index in [1.54, 1.807) is 12.4 Å². The van der Waals surface area contributed by atoms with Crippen LogP contribution < -0.4 is 5.32 Å². The van der Waals surface area contributed by atoms with E-state index in [0.717, 1.165) is 53.4 Å². The molecular weight excluding hydrogens is 391 g/mol. The first-order valence-electron chi connectivity index (χ1n) is 10.1. The number of nitrogens with one attached hydrogen (secondary N) is 1. The molecule has 1 amide bonds. The normalized spacial score (nSPS) is 12.4. The second-order valence-electron chi connectivity index (χ2n) is 7.51. The molecule has 0 saturated carbocycles. The Kier molecular flexibility index (Phi) is 4.96. The minimum absolute atomic E-state index is 0.0985. The molecule has 3 heterocycles. The number of aryl methyl sites for hydroxylation is 2. The minimum Gasteiger partial charge on any atom is -0.319 e. The molecule has 5 rings (SSSR count). The van der Waals surface area contributed by atoms with Crippen LogP contribution in [0.5, 0.6) is 0 Å². The molecule has 0 unspecified atom stereocenters. The van der Waals surface area contributed by atoms with Crippen LogP contribution in [0.3, 0.4) is 0 Å². The summed E-state index contributed by atoms with van der Waals surface area (Å²) in [5.74, 6) is -0.968. The Hall–Kier alpha value is -3.93. The van der Waals surface area contributed by atoms with E-state index in [1.807, 2.05) is 24.4 Å². The lowest BCUT2D eigenvalue weighted by Crippen LogP contribution is -2.14. The fourth-order valence-corrected chi connectivity index (χ4v) is 3.94. The molecule has 6 heteroatoms. The van der Waals surface area contributed by atoms with Gasteiger partial charge in [-0.15, -0.1) is 0 Å². The predicted octanol–water partition coefficient (Wildman–Crippen LogP) is 5.09. The smallest absolute Gasteiger partial charge is 0.257 e. The summed E-state index contributed by atoms with van der Waals surface area (Å²) < 4.78 is 13.8. The molecule has 3 aromatic heterocycles. The van der Waals surface area contributed by atoms with Crippen molar-refractivity contribution in [3.05, 3.63) is 96.0 Å². The summed E-state index contributed by atoms with van der Waals surface area (Å²) in [6, 6.07) is 13.7. The van der Waals surface area contributed by atoms with Crippen molar-refractivity contribution in [2.75, 3.05) is 5.32 Å². The number of rotatable bonds is 3. The van der Waals surface area contributed by atoms with Gasteiger partial charge in [0.25, 0.3) is 5.91 Å². The zero-order valence-electron chi connectivity index (χ0n) is 16.7. The molecule has 0 saturated heterocycles. The van der Waals surface area contributed by atoms with E-state index < -0.39 is 11.7 Å². The van der Waals surface area contributed by atoms with Crippen molar-refractivity contribution >= 4 is 11.6 Å². The molecule has 1 N–H and O–H groups in total. The molecule has 31 heavy (non-hydrogen) atoms. The highest BCUT2D eigenvalue weighted by Gasteiger charge is 2.19. The number of fused-ring (bicyclic) bond motifs is 3. The number of carbonyl (C=O) groups is 1. The van der Waals surface area contributed by atoms with Crippen LogP contribution in [0.4, 0.5) is 10.1 Å². The molecule has 0 aliphatic heterocycles. The van der Waals surface area contributed by atoms with Crippen LogP contribution in [0.1, 0.15) is 27.9 Å². The zero-order chi connectivity index (χ0) is 21.2. The number of halogens is 1. The monoisotopic (exact) mass is 410 g/mol. The van der Waals surface area contributed by atoms with Crippen LogP contribution in [0.15, 0.2) is 73.4 Å². The number of aromatic nitrogens is 3. The summed E-state index contributed by atoms with van der Waals surface area (Å²) in [7, 11) is 0. The number of pyridine rings is 3. The van der Waals surface area contributed by atoms with E-state index in [-0.39, 0.29) is 5.69 Å². The number of anilines is 1. The average molecular weight is 410 g/mol. The highest BCUT2D eigenvalue weighted by atomic mass is 19.1. The van der Waals surface area contributed by atoms with Gasteiger partial charge in [0.05, 0.1) is 23.1 Å². The standard InChI is InChI=1S/C25H19FN4O/c26-22-15-28-10-8-23(22)30-25(31)20-11-18-4-1-3-16-6-7-17(19-5-2-9-27-13-19)12-21(16)24(18)29-14-20/h2,5-15H,1,3-4H2,(H,28,30,31). The van der Waals surface area contributed by atoms with Gasteiger partial charge in [-0.25, -0.2) is 4.39 Å². The van der Waals surface area contributed by atoms with E-state index in [4.69, 9.17) is 0 Å². The van der Waals surface area contributed by atoms with Gasteiger partial charge in [-0.05, 0) is 60.2 Å². The molecule has 1 aliphatic rings. The van der Waals surface area contributed by atoms with Crippen molar-refractivity contribution in [3.63, 3.8) is 0 Å². The van der Waals surface area contributed by atoms with Crippen LogP contribution in [0.2, 0.25) is 0 Å². The second-order valence-corrected chi connectivity index (χ2v) is 7.51. The Balaban J connectivity index is 1.51. The Morgan fingerprint density at radius 1 is 0.903 bits per heavy atom. The molecule has 1 aromatic carbocycles. The second kappa shape index (κ2) is 8.07. The molecule has 0 atom stereocenters. The van der Waals surface area contributed by atoms with Crippen LogP contribution >= 0.6 is 0 Å². The summed E-state index contributed by atoms with van der Waals surface area (Å²) in [5.41, 5.74) is 6.87. The fourth-order valence-electron chi connectivity index (χ4n) is 3.94. The van der Waals surface area contributed by atoms with Gasteiger partial charge in [0, 0.05) is 35.9 Å². The number of benzene rings is 1. The van der Waals surface area contributed by atoms with E-state index in [2.05, 4.69) is 38.5 Å². The van der Waals surface area contributed by atoms with Gasteiger partial charge in [0.2, 0.25) is 0 Å².